The summed E-state index contributed by atoms with van der Waals surface area (Å²) in [6, 6.07) is 0. The molecule has 9 nitrogen and oxygen atoms in total. The van der Waals surface area contributed by atoms with Crippen molar-refractivity contribution in [2.45, 2.75) is 66.4 Å². The molecule has 1 heterocycles. The molecule has 1 atom stereocenters. The molecule has 1 fully saturated rings. The van der Waals surface area contributed by atoms with Crippen molar-refractivity contribution in [3.8, 4) is 0 Å². The maximum Gasteiger partial charge on any atom is 0.410 e. The summed E-state index contributed by atoms with van der Waals surface area (Å²) in [6.07, 6.45) is 0.698. The smallest absolute Gasteiger partial charge is 0.410 e. The molecule has 166 valence electrons. The third-order valence-electron chi connectivity index (χ3n) is 6.07. The number of carbonyl (C=O) groups is 4. The summed E-state index contributed by atoms with van der Waals surface area (Å²) >= 11 is 0. The van der Waals surface area contributed by atoms with Crippen LogP contribution in [-0.4, -0.2) is 62.9 Å². The molecule has 1 saturated heterocycles. The molecule has 1 aliphatic heterocycles. The highest BCUT2D eigenvalue weighted by atomic mass is 16.6. The molecule has 0 bridgehead atoms. The molecule has 3 N–H and O–H groups in total. The van der Waals surface area contributed by atoms with Gasteiger partial charge in [-0.25, -0.2) is 4.79 Å². The molecular weight excluding hydrogens is 382 g/mol. The van der Waals surface area contributed by atoms with Gasteiger partial charge in [0.05, 0.1) is 0 Å². The molecule has 0 aromatic rings. The molecule has 1 rings (SSSR count). The van der Waals surface area contributed by atoms with Gasteiger partial charge in [-0.05, 0) is 51.9 Å². The second-order valence-electron chi connectivity index (χ2n) is 9.35. The van der Waals surface area contributed by atoms with Crippen molar-refractivity contribution in [2.24, 2.45) is 22.7 Å². The second kappa shape index (κ2) is 8.59. The molecular formula is C20H33NO8. The van der Waals surface area contributed by atoms with E-state index in [1.54, 1.807) is 39.5 Å². The van der Waals surface area contributed by atoms with Gasteiger partial charge in [-0.1, -0.05) is 20.8 Å². The number of ether oxygens (including phenoxy) is 1. The van der Waals surface area contributed by atoms with E-state index in [1.807, 2.05) is 0 Å². The van der Waals surface area contributed by atoms with Crippen molar-refractivity contribution in [3.63, 3.8) is 0 Å². The summed E-state index contributed by atoms with van der Waals surface area (Å²) in [5.41, 5.74) is -5.10. The number of carbonyl (C=O) groups excluding carboxylic acids is 1. The number of piperidine rings is 1. The van der Waals surface area contributed by atoms with Crippen LogP contribution in [0.3, 0.4) is 0 Å². The summed E-state index contributed by atoms with van der Waals surface area (Å²) in [4.78, 5) is 49.6. The fourth-order valence-electron chi connectivity index (χ4n) is 4.07. The molecule has 0 aromatic carbocycles. The highest BCUT2D eigenvalue weighted by molar-refractivity contribution is 6.17. The standard InChI is InChI=1S/C20H33NO8/c1-12(2)19(6,20(14(22)23,15(24)25)16(26)27)11-13-7-9-21(10-8-13)17(28)29-18(3,4)5/h12-13H,7-11H2,1-6H3,(H,22,23)(H,24,25)(H,26,27). The monoisotopic (exact) mass is 415 g/mol. The lowest BCUT2D eigenvalue weighted by Crippen LogP contribution is -2.60. The number of hydrogen-bond acceptors (Lipinski definition) is 5. The minimum absolute atomic E-state index is 0.109. The number of amides is 1. The molecule has 29 heavy (non-hydrogen) atoms. The average molecular weight is 415 g/mol. The van der Waals surface area contributed by atoms with Crippen LogP contribution in [-0.2, 0) is 19.1 Å². The first-order valence-electron chi connectivity index (χ1n) is 9.77. The van der Waals surface area contributed by atoms with E-state index in [-0.39, 0.29) is 12.3 Å². The number of nitrogens with zero attached hydrogens (tertiary/aromatic N) is 1. The molecule has 1 unspecified atom stereocenters. The predicted octanol–water partition coefficient (Wildman–Crippen LogP) is 2.93. The summed E-state index contributed by atoms with van der Waals surface area (Å²) < 4.78 is 5.35. The van der Waals surface area contributed by atoms with Crippen molar-refractivity contribution in [2.75, 3.05) is 13.1 Å². The molecule has 9 heteroatoms. The fraction of sp³-hybridized carbons (Fsp3) is 0.800. The number of carboxylic acid groups (broad SMARTS) is 3. The number of rotatable bonds is 7. The maximum absolute atomic E-state index is 12.2. The van der Waals surface area contributed by atoms with E-state index in [9.17, 15) is 34.5 Å². The fourth-order valence-corrected chi connectivity index (χ4v) is 4.07. The van der Waals surface area contributed by atoms with Gasteiger partial charge in [0.25, 0.3) is 5.41 Å². The molecule has 0 aliphatic carbocycles. The normalized spacial score (nSPS) is 18.2. The Labute approximate surface area is 171 Å². The molecule has 0 aromatic heterocycles. The Morgan fingerprint density at radius 1 is 0.931 bits per heavy atom. The van der Waals surface area contributed by atoms with Gasteiger partial charge in [-0.3, -0.25) is 14.4 Å². The number of likely N-dealkylation sites (tertiary alicyclic amines) is 1. The van der Waals surface area contributed by atoms with Crippen molar-refractivity contribution in [1.82, 2.24) is 4.90 Å². The molecule has 0 saturated carbocycles. The van der Waals surface area contributed by atoms with Crippen LogP contribution in [0.1, 0.15) is 60.8 Å². The van der Waals surface area contributed by atoms with Crippen molar-refractivity contribution in [1.29, 1.82) is 0 Å². The highest BCUT2D eigenvalue weighted by Crippen LogP contribution is 2.51. The summed E-state index contributed by atoms with van der Waals surface area (Å²) in [6.45, 7) is 10.8. The van der Waals surface area contributed by atoms with Crippen LogP contribution >= 0.6 is 0 Å². The lowest BCUT2D eigenvalue weighted by molar-refractivity contribution is -0.191. The van der Waals surface area contributed by atoms with Gasteiger partial charge in [0, 0.05) is 18.5 Å². The van der Waals surface area contributed by atoms with Crippen LogP contribution < -0.4 is 0 Å². The Morgan fingerprint density at radius 2 is 1.34 bits per heavy atom. The first kappa shape index (κ1) is 24.7. The van der Waals surface area contributed by atoms with Crippen molar-refractivity contribution >= 4 is 24.0 Å². The average Bonchev–Trinajstić information content (AvgIpc) is 2.52. The Kier molecular flexibility index (Phi) is 7.32. The quantitative estimate of drug-likeness (QED) is 0.539. The van der Waals surface area contributed by atoms with E-state index in [2.05, 4.69) is 0 Å². The van der Waals surface area contributed by atoms with Crippen LogP contribution in [0.25, 0.3) is 0 Å². The minimum Gasteiger partial charge on any atom is -0.480 e. The third kappa shape index (κ3) is 4.82. The van der Waals surface area contributed by atoms with Gasteiger partial charge >= 0.3 is 24.0 Å². The molecule has 0 spiro atoms. The van der Waals surface area contributed by atoms with Gasteiger partial charge < -0.3 is 25.0 Å². The maximum atomic E-state index is 12.2. The molecule has 1 amide bonds. The van der Waals surface area contributed by atoms with E-state index < -0.39 is 46.4 Å². The first-order valence-corrected chi connectivity index (χ1v) is 9.77. The van der Waals surface area contributed by atoms with E-state index in [1.165, 1.54) is 6.92 Å². The second-order valence-corrected chi connectivity index (χ2v) is 9.35. The Bertz CT molecular complexity index is 622. The SMILES string of the molecule is CC(C)C(C)(CC1CCN(C(=O)OC(C)(C)C)CC1)C(C(=O)O)(C(=O)O)C(=O)O. The molecule has 0 radical (unpaired) electrons. The van der Waals surface area contributed by atoms with E-state index in [4.69, 9.17) is 4.74 Å². The minimum atomic E-state index is -2.95. The van der Waals surface area contributed by atoms with Crippen LogP contribution in [0.5, 0.6) is 0 Å². The lowest BCUT2D eigenvalue weighted by atomic mass is 9.55. The molecule has 1 aliphatic rings. The van der Waals surface area contributed by atoms with Gasteiger partial charge in [0.2, 0.25) is 0 Å². The zero-order chi connectivity index (χ0) is 22.8. The topological polar surface area (TPSA) is 141 Å². The van der Waals surface area contributed by atoms with E-state index >= 15 is 0 Å². The zero-order valence-corrected chi connectivity index (χ0v) is 18.0. The largest absolute Gasteiger partial charge is 0.480 e. The van der Waals surface area contributed by atoms with Crippen LogP contribution in [0.2, 0.25) is 0 Å². The Balaban J connectivity index is 3.07. The predicted molar refractivity (Wildman–Crippen MR) is 103 cm³/mol. The summed E-state index contributed by atoms with van der Waals surface area (Å²) in [7, 11) is 0. The number of hydrogen-bond donors (Lipinski definition) is 3. The van der Waals surface area contributed by atoms with Gasteiger partial charge in [0.1, 0.15) is 5.60 Å². The van der Waals surface area contributed by atoms with Crippen LogP contribution in [0.15, 0.2) is 0 Å². The number of carboxylic acids is 3. The first-order chi connectivity index (χ1) is 13.1. The summed E-state index contributed by atoms with van der Waals surface area (Å²) in [5.74, 6) is -6.26. The van der Waals surface area contributed by atoms with Gasteiger partial charge in [0.15, 0.2) is 0 Å². The van der Waals surface area contributed by atoms with Crippen LogP contribution in [0.4, 0.5) is 4.79 Å². The van der Waals surface area contributed by atoms with Gasteiger partial charge in [-0.2, -0.15) is 0 Å². The van der Waals surface area contributed by atoms with Crippen molar-refractivity contribution in [3.05, 3.63) is 0 Å². The van der Waals surface area contributed by atoms with E-state index in [0.29, 0.717) is 25.9 Å². The number of aliphatic carboxylic acids is 3. The lowest BCUT2D eigenvalue weighted by Gasteiger charge is -2.46. The Morgan fingerprint density at radius 3 is 1.66 bits per heavy atom. The van der Waals surface area contributed by atoms with E-state index in [0.717, 1.165) is 0 Å². The summed E-state index contributed by atoms with van der Waals surface area (Å²) in [5, 5.41) is 29.0. The zero-order valence-electron chi connectivity index (χ0n) is 18.0. The Hall–Kier alpha value is -2.32. The highest BCUT2D eigenvalue weighted by Gasteiger charge is 2.67. The van der Waals surface area contributed by atoms with Crippen molar-refractivity contribution < 1.29 is 39.2 Å². The third-order valence-corrected chi connectivity index (χ3v) is 6.07. The van der Waals surface area contributed by atoms with Crippen LogP contribution in [0, 0.1) is 22.7 Å². The van der Waals surface area contributed by atoms with Gasteiger partial charge in [-0.15, -0.1) is 0 Å².